The zero-order valence-electron chi connectivity index (χ0n) is 13.7. The van der Waals surface area contributed by atoms with Crippen molar-refractivity contribution in [3.05, 3.63) is 41.0 Å². The number of fused-ring (bicyclic) bond motifs is 1. The highest BCUT2D eigenvalue weighted by Crippen LogP contribution is 2.40. The summed E-state index contributed by atoms with van der Waals surface area (Å²) in [7, 11) is 0. The standard InChI is InChI=1S/C20H24O3/c1-2-3-6-13-9-11-14(12-10-13)17-18(21)15-7-4-5-8-16(15)19(22)20(17)23/h4-5,7-8,13-14,21H,2-3,6,9-12H2,1H3. The summed E-state index contributed by atoms with van der Waals surface area (Å²) in [6, 6.07) is 6.85. The van der Waals surface area contributed by atoms with E-state index in [0.29, 0.717) is 16.7 Å². The first kappa shape index (κ1) is 16.0. The SMILES string of the molecule is CCCCC1CCC(C2=C(O)c3ccccc3C(=O)C2=O)CC1. The minimum atomic E-state index is -0.502. The highest BCUT2D eigenvalue weighted by atomic mass is 16.3. The number of benzene rings is 1. The molecule has 122 valence electrons. The normalized spacial score (nSPS) is 24.7. The molecule has 0 saturated heterocycles. The summed E-state index contributed by atoms with van der Waals surface area (Å²) >= 11 is 0. The molecule has 1 N–H and O–H groups in total. The van der Waals surface area contributed by atoms with E-state index in [4.69, 9.17) is 0 Å². The molecule has 0 atom stereocenters. The van der Waals surface area contributed by atoms with E-state index in [1.54, 1.807) is 24.3 Å². The lowest BCUT2D eigenvalue weighted by molar-refractivity contribution is -0.112. The Morgan fingerprint density at radius 3 is 2.30 bits per heavy atom. The highest BCUT2D eigenvalue weighted by Gasteiger charge is 2.37. The quantitative estimate of drug-likeness (QED) is 0.819. The second kappa shape index (κ2) is 6.69. The van der Waals surface area contributed by atoms with Gasteiger partial charge in [0.15, 0.2) is 0 Å². The molecule has 3 heteroatoms. The first-order chi connectivity index (χ1) is 11.1. The first-order valence-electron chi connectivity index (χ1n) is 8.75. The van der Waals surface area contributed by atoms with Gasteiger partial charge < -0.3 is 5.11 Å². The van der Waals surface area contributed by atoms with Crippen molar-refractivity contribution < 1.29 is 14.7 Å². The number of aliphatic hydroxyl groups excluding tert-OH is 1. The lowest BCUT2D eigenvalue weighted by Crippen LogP contribution is -2.30. The molecular formula is C20H24O3. The third-order valence-corrected chi connectivity index (χ3v) is 5.35. The van der Waals surface area contributed by atoms with Crippen LogP contribution in [0.1, 0.15) is 67.8 Å². The zero-order chi connectivity index (χ0) is 16.4. The summed E-state index contributed by atoms with van der Waals surface area (Å²) in [5.74, 6) is -0.185. The molecule has 1 saturated carbocycles. The molecule has 3 nitrogen and oxygen atoms in total. The van der Waals surface area contributed by atoms with Crippen LogP contribution in [0.15, 0.2) is 29.8 Å². The van der Waals surface area contributed by atoms with Crippen LogP contribution in [0.5, 0.6) is 0 Å². The maximum atomic E-state index is 12.5. The molecule has 0 amide bonds. The minimum absolute atomic E-state index is 0.0256. The summed E-state index contributed by atoms with van der Waals surface area (Å²) in [6.45, 7) is 2.21. The molecule has 2 aliphatic rings. The Bertz CT molecular complexity index is 649. The van der Waals surface area contributed by atoms with Crippen LogP contribution in [-0.4, -0.2) is 16.7 Å². The predicted octanol–water partition coefficient (Wildman–Crippen LogP) is 4.72. The molecule has 0 radical (unpaired) electrons. The van der Waals surface area contributed by atoms with E-state index in [-0.39, 0.29) is 11.7 Å². The van der Waals surface area contributed by atoms with Crippen molar-refractivity contribution in [1.29, 1.82) is 0 Å². The van der Waals surface area contributed by atoms with E-state index >= 15 is 0 Å². The number of rotatable bonds is 4. The average molecular weight is 312 g/mol. The number of allylic oxidation sites excluding steroid dienone is 1. The van der Waals surface area contributed by atoms with E-state index < -0.39 is 11.6 Å². The largest absolute Gasteiger partial charge is 0.507 e. The third-order valence-electron chi connectivity index (χ3n) is 5.35. The van der Waals surface area contributed by atoms with Gasteiger partial charge in [0, 0.05) is 16.7 Å². The van der Waals surface area contributed by atoms with Crippen LogP contribution in [0.4, 0.5) is 0 Å². The maximum absolute atomic E-state index is 12.5. The van der Waals surface area contributed by atoms with Gasteiger partial charge in [-0.2, -0.15) is 0 Å². The smallest absolute Gasteiger partial charge is 0.234 e. The molecule has 0 bridgehead atoms. The fourth-order valence-corrected chi connectivity index (χ4v) is 4.00. The minimum Gasteiger partial charge on any atom is -0.507 e. The van der Waals surface area contributed by atoms with Gasteiger partial charge >= 0.3 is 0 Å². The van der Waals surface area contributed by atoms with Gasteiger partial charge in [0.05, 0.1) is 0 Å². The molecule has 23 heavy (non-hydrogen) atoms. The van der Waals surface area contributed by atoms with Crippen molar-refractivity contribution in [2.75, 3.05) is 0 Å². The monoisotopic (exact) mass is 312 g/mol. The van der Waals surface area contributed by atoms with Crippen molar-refractivity contribution >= 4 is 17.3 Å². The molecule has 0 spiro atoms. The van der Waals surface area contributed by atoms with Crippen molar-refractivity contribution in [2.24, 2.45) is 11.8 Å². The van der Waals surface area contributed by atoms with Crippen molar-refractivity contribution in [1.82, 2.24) is 0 Å². The average Bonchev–Trinajstić information content (AvgIpc) is 2.59. The summed E-state index contributed by atoms with van der Waals surface area (Å²) in [4.78, 5) is 24.8. The first-order valence-corrected chi connectivity index (χ1v) is 8.75. The Kier molecular flexibility index (Phi) is 4.65. The number of ketones is 2. The number of Topliss-reactive ketones (excluding diaryl/α,β-unsaturated/α-hetero) is 2. The molecule has 3 rings (SSSR count). The fourth-order valence-electron chi connectivity index (χ4n) is 4.00. The second-order valence-corrected chi connectivity index (χ2v) is 6.83. The summed E-state index contributed by atoms with van der Waals surface area (Å²) in [5.41, 5.74) is 1.21. The molecule has 0 heterocycles. The Morgan fingerprint density at radius 2 is 1.65 bits per heavy atom. The van der Waals surface area contributed by atoms with Gasteiger partial charge in [-0.15, -0.1) is 0 Å². The molecule has 0 aliphatic heterocycles. The van der Waals surface area contributed by atoms with E-state index in [0.717, 1.165) is 31.6 Å². The molecule has 0 unspecified atom stereocenters. The predicted molar refractivity (Wildman–Crippen MR) is 90.3 cm³/mol. The lowest BCUT2D eigenvalue weighted by atomic mass is 9.73. The second-order valence-electron chi connectivity index (χ2n) is 6.83. The van der Waals surface area contributed by atoms with Crippen molar-refractivity contribution in [2.45, 2.75) is 51.9 Å². The molecular weight excluding hydrogens is 288 g/mol. The molecule has 0 aromatic heterocycles. The van der Waals surface area contributed by atoms with E-state index in [9.17, 15) is 14.7 Å². The van der Waals surface area contributed by atoms with Gasteiger partial charge in [0.25, 0.3) is 0 Å². The van der Waals surface area contributed by atoms with Crippen LogP contribution in [0, 0.1) is 11.8 Å². The van der Waals surface area contributed by atoms with Crippen molar-refractivity contribution in [3.8, 4) is 0 Å². The van der Waals surface area contributed by atoms with Crippen LogP contribution < -0.4 is 0 Å². The third kappa shape index (κ3) is 2.97. The highest BCUT2D eigenvalue weighted by molar-refractivity contribution is 6.52. The lowest BCUT2D eigenvalue weighted by Gasteiger charge is -2.31. The Balaban J connectivity index is 1.83. The van der Waals surface area contributed by atoms with Gasteiger partial charge in [-0.1, -0.05) is 50.5 Å². The number of carbonyl (C=O) groups excluding carboxylic acids is 2. The zero-order valence-corrected chi connectivity index (χ0v) is 13.7. The van der Waals surface area contributed by atoms with Gasteiger partial charge in [-0.25, -0.2) is 0 Å². The summed E-state index contributed by atoms with van der Waals surface area (Å²) < 4.78 is 0. The molecule has 1 aromatic rings. The Labute approximate surface area is 137 Å². The number of aliphatic hydroxyl groups is 1. The topological polar surface area (TPSA) is 54.4 Å². The van der Waals surface area contributed by atoms with Gasteiger partial charge in [0.2, 0.25) is 11.6 Å². The van der Waals surface area contributed by atoms with E-state index in [1.165, 1.54) is 19.3 Å². The molecule has 2 aliphatic carbocycles. The molecule has 1 aromatic carbocycles. The van der Waals surface area contributed by atoms with E-state index in [1.807, 2.05) is 0 Å². The van der Waals surface area contributed by atoms with Crippen molar-refractivity contribution in [3.63, 3.8) is 0 Å². The van der Waals surface area contributed by atoms with Crippen LogP contribution >= 0.6 is 0 Å². The summed E-state index contributed by atoms with van der Waals surface area (Å²) in [5, 5.41) is 10.6. The van der Waals surface area contributed by atoms with Crippen LogP contribution in [0.2, 0.25) is 0 Å². The van der Waals surface area contributed by atoms with E-state index in [2.05, 4.69) is 6.92 Å². The van der Waals surface area contributed by atoms with Gasteiger partial charge in [-0.3, -0.25) is 9.59 Å². The van der Waals surface area contributed by atoms with Gasteiger partial charge in [0.1, 0.15) is 5.76 Å². The number of unbranched alkanes of at least 4 members (excludes halogenated alkanes) is 1. The Hall–Kier alpha value is -1.90. The number of hydrogen-bond acceptors (Lipinski definition) is 3. The fraction of sp³-hybridized carbons (Fsp3) is 0.500. The maximum Gasteiger partial charge on any atom is 0.234 e. The van der Waals surface area contributed by atoms with Crippen LogP contribution in [0.3, 0.4) is 0 Å². The van der Waals surface area contributed by atoms with Crippen LogP contribution in [-0.2, 0) is 4.79 Å². The van der Waals surface area contributed by atoms with Crippen LogP contribution in [0.25, 0.3) is 5.76 Å². The molecule has 1 fully saturated rings. The number of hydrogen-bond donors (Lipinski definition) is 1. The Morgan fingerprint density at radius 1 is 1.00 bits per heavy atom. The number of carbonyl (C=O) groups is 2. The summed E-state index contributed by atoms with van der Waals surface area (Å²) in [6.07, 6.45) is 7.70. The van der Waals surface area contributed by atoms with Gasteiger partial charge in [-0.05, 0) is 37.5 Å².